The summed E-state index contributed by atoms with van der Waals surface area (Å²) in [6.45, 7) is 1.57. The van der Waals surface area contributed by atoms with E-state index in [0.29, 0.717) is 18.1 Å². The first kappa shape index (κ1) is 19.8. The van der Waals surface area contributed by atoms with Crippen molar-refractivity contribution in [2.45, 2.75) is 27.0 Å². The van der Waals surface area contributed by atoms with Gasteiger partial charge in [-0.05, 0) is 54.9 Å². The second kappa shape index (κ2) is 8.79. The van der Waals surface area contributed by atoms with E-state index in [1.54, 1.807) is 29.8 Å². The van der Waals surface area contributed by atoms with Crippen molar-refractivity contribution in [1.82, 2.24) is 9.78 Å². The summed E-state index contributed by atoms with van der Waals surface area (Å²) in [7, 11) is 0. The average Bonchev–Trinajstić information content (AvgIpc) is 3.06. The van der Waals surface area contributed by atoms with E-state index in [0.717, 1.165) is 5.56 Å². The van der Waals surface area contributed by atoms with Gasteiger partial charge in [-0.15, -0.1) is 0 Å². The smallest absolute Gasteiger partial charge is 0.387 e. The lowest BCUT2D eigenvalue weighted by atomic mass is 10.1. The zero-order valence-corrected chi connectivity index (χ0v) is 16.3. The molecule has 0 aliphatic rings. The zero-order valence-electron chi connectivity index (χ0n) is 15.4. The van der Waals surface area contributed by atoms with Crippen LogP contribution in [0.3, 0.4) is 0 Å². The molecule has 0 aliphatic carbocycles. The summed E-state index contributed by atoms with van der Waals surface area (Å²) in [5, 5.41) is 10.5. The standard InChI is InChI=1S/C20H20F2N4OS/c1-13-7-8-16(17(11-13)27-19(21)22)23-20(28)24-18-9-10-26(25-18)12-15-6-4-3-5-14(15)2/h3-11,19H,12H2,1-2H3,(H2,23,24,25,28). The van der Waals surface area contributed by atoms with Gasteiger partial charge >= 0.3 is 6.61 Å². The molecule has 0 fully saturated rings. The molecule has 0 amide bonds. The fourth-order valence-corrected chi connectivity index (χ4v) is 2.89. The van der Waals surface area contributed by atoms with Crippen LogP contribution < -0.4 is 15.4 Å². The van der Waals surface area contributed by atoms with E-state index >= 15 is 0 Å². The van der Waals surface area contributed by atoms with Gasteiger partial charge in [-0.1, -0.05) is 30.3 Å². The van der Waals surface area contributed by atoms with Crippen LogP contribution in [0.1, 0.15) is 16.7 Å². The number of aromatic nitrogens is 2. The van der Waals surface area contributed by atoms with Gasteiger partial charge in [-0.2, -0.15) is 13.9 Å². The summed E-state index contributed by atoms with van der Waals surface area (Å²) in [5.74, 6) is 0.582. The number of anilines is 2. The van der Waals surface area contributed by atoms with Crippen LogP contribution in [-0.4, -0.2) is 21.5 Å². The number of thiocarbonyl (C=S) groups is 1. The number of nitrogens with one attached hydrogen (secondary N) is 2. The molecular formula is C20H20F2N4OS. The number of hydrogen-bond donors (Lipinski definition) is 2. The van der Waals surface area contributed by atoms with Crippen molar-refractivity contribution < 1.29 is 13.5 Å². The first-order valence-electron chi connectivity index (χ1n) is 8.62. The van der Waals surface area contributed by atoms with Crippen molar-refractivity contribution in [3.8, 4) is 5.75 Å². The van der Waals surface area contributed by atoms with Crippen LogP contribution in [0, 0.1) is 13.8 Å². The highest BCUT2D eigenvalue weighted by molar-refractivity contribution is 7.80. The molecular weight excluding hydrogens is 382 g/mol. The number of rotatable bonds is 6. The zero-order chi connectivity index (χ0) is 20.1. The minimum absolute atomic E-state index is 0.0317. The van der Waals surface area contributed by atoms with Gasteiger partial charge in [0.15, 0.2) is 10.9 Å². The highest BCUT2D eigenvalue weighted by Crippen LogP contribution is 2.27. The largest absolute Gasteiger partial charge is 0.433 e. The molecule has 1 heterocycles. The normalized spacial score (nSPS) is 10.8. The van der Waals surface area contributed by atoms with Crippen molar-refractivity contribution >= 4 is 28.8 Å². The van der Waals surface area contributed by atoms with E-state index in [9.17, 15) is 8.78 Å². The highest BCUT2D eigenvalue weighted by Gasteiger charge is 2.12. The molecule has 2 aromatic carbocycles. The van der Waals surface area contributed by atoms with Crippen LogP contribution in [0.25, 0.3) is 0 Å². The Bertz CT molecular complexity index is 974. The summed E-state index contributed by atoms with van der Waals surface area (Å²) >= 11 is 5.27. The lowest BCUT2D eigenvalue weighted by Crippen LogP contribution is -2.20. The topological polar surface area (TPSA) is 51.1 Å². The Balaban J connectivity index is 1.65. The molecule has 2 N–H and O–H groups in total. The van der Waals surface area contributed by atoms with Crippen molar-refractivity contribution in [2.24, 2.45) is 0 Å². The molecule has 0 saturated heterocycles. The maximum atomic E-state index is 12.6. The molecule has 0 saturated carbocycles. The predicted octanol–water partition coefficient (Wildman–Crippen LogP) is 4.96. The minimum atomic E-state index is -2.92. The summed E-state index contributed by atoms with van der Waals surface area (Å²) in [6.07, 6.45) is 1.84. The average molecular weight is 402 g/mol. The molecule has 3 aromatic rings. The molecule has 3 rings (SSSR count). The predicted molar refractivity (Wildman–Crippen MR) is 110 cm³/mol. The number of aryl methyl sites for hydroxylation is 2. The molecule has 0 unspecified atom stereocenters. The van der Waals surface area contributed by atoms with Crippen molar-refractivity contribution in [2.75, 3.05) is 10.6 Å². The molecule has 0 atom stereocenters. The molecule has 0 aliphatic heterocycles. The molecule has 8 heteroatoms. The highest BCUT2D eigenvalue weighted by atomic mass is 32.1. The lowest BCUT2D eigenvalue weighted by Gasteiger charge is -2.14. The van der Waals surface area contributed by atoms with Gasteiger partial charge in [-0.3, -0.25) is 4.68 Å². The van der Waals surface area contributed by atoms with Crippen molar-refractivity contribution in [3.05, 3.63) is 71.4 Å². The molecule has 0 spiro atoms. The number of nitrogens with zero attached hydrogens (tertiary/aromatic N) is 2. The Morgan fingerprint density at radius 2 is 1.93 bits per heavy atom. The van der Waals surface area contributed by atoms with Gasteiger partial charge in [-0.25, -0.2) is 0 Å². The number of ether oxygens (including phenoxy) is 1. The first-order valence-corrected chi connectivity index (χ1v) is 9.03. The molecule has 5 nitrogen and oxygen atoms in total. The third kappa shape index (κ3) is 5.26. The summed E-state index contributed by atoms with van der Waals surface area (Å²) in [4.78, 5) is 0. The summed E-state index contributed by atoms with van der Waals surface area (Å²) in [6, 6.07) is 14.8. The fraction of sp³-hybridized carbons (Fsp3) is 0.200. The third-order valence-electron chi connectivity index (χ3n) is 4.08. The van der Waals surface area contributed by atoms with E-state index in [-0.39, 0.29) is 10.9 Å². The number of halogens is 2. The van der Waals surface area contributed by atoms with Gasteiger partial charge in [0.25, 0.3) is 0 Å². The molecule has 146 valence electrons. The SMILES string of the molecule is Cc1ccc(NC(=S)Nc2ccn(Cc3ccccc3C)n2)c(OC(F)F)c1. The fourth-order valence-electron chi connectivity index (χ4n) is 2.67. The van der Waals surface area contributed by atoms with Crippen LogP contribution in [0.15, 0.2) is 54.7 Å². The summed E-state index contributed by atoms with van der Waals surface area (Å²) in [5.41, 5.74) is 3.51. The van der Waals surface area contributed by atoms with Gasteiger partial charge in [0, 0.05) is 12.3 Å². The van der Waals surface area contributed by atoms with E-state index in [4.69, 9.17) is 12.2 Å². The van der Waals surface area contributed by atoms with Gasteiger partial charge in [0.1, 0.15) is 5.75 Å². The molecule has 0 bridgehead atoms. The Morgan fingerprint density at radius 1 is 1.14 bits per heavy atom. The van der Waals surface area contributed by atoms with Crippen LogP contribution >= 0.6 is 12.2 Å². The van der Waals surface area contributed by atoms with Crippen LogP contribution in [0.4, 0.5) is 20.3 Å². The Kier molecular flexibility index (Phi) is 6.20. The van der Waals surface area contributed by atoms with E-state index in [1.165, 1.54) is 17.2 Å². The summed E-state index contributed by atoms with van der Waals surface area (Å²) < 4.78 is 31.6. The molecule has 0 radical (unpaired) electrons. The molecule has 1 aromatic heterocycles. The monoisotopic (exact) mass is 402 g/mol. The Morgan fingerprint density at radius 3 is 2.68 bits per heavy atom. The maximum Gasteiger partial charge on any atom is 0.387 e. The Hall–Kier alpha value is -3.00. The van der Waals surface area contributed by atoms with E-state index < -0.39 is 6.61 Å². The maximum absolute atomic E-state index is 12.6. The quantitative estimate of drug-likeness (QED) is 0.571. The van der Waals surface area contributed by atoms with E-state index in [1.807, 2.05) is 18.3 Å². The Labute approximate surface area is 167 Å². The van der Waals surface area contributed by atoms with Gasteiger partial charge in [0.05, 0.1) is 12.2 Å². The second-order valence-electron chi connectivity index (χ2n) is 6.28. The second-order valence-corrected chi connectivity index (χ2v) is 6.69. The van der Waals surface area contributed by atoms with Gasteiger partial charge in [0.2, 0.25) is 0 Å². The minimum Gasteiger partial charge on any atom is -0.433 e. The number of hydrogen-bond acceptors (Lipinski definition) is 3. The van der Waals surface area contributed by atoms with Crippen LogP contribution in [0.5, 0.6) is 5.75 Å². The van der Waals surface area contributed by atoms with E-state index in [2.05, 4.69) is 39.5 Å². The van der Waals surface area contributed by atoms with Crippen molar-refractivity contribution in [1.29, 1.82) is 0 Å². The third-order valence-corrected chi connectivity index (χ3v) is 4.28. The lowest BCUT2D eigenvalue weighted by molar-refractivity contribution is -0.0493. The first-order chi connectivity index (χ1) is 13.4. The molecule has 28 heavy (non-hydrogen) atoms. The van der Waals surface area contributed by atoms with Crippen molar-refractivity contribution in [3.63, 3.8) is 0 Å². The number of benzene rings is 2. The number of alkyl halides is 2. The van der Waals surface area contributed by atoms with Crippen LogP contribution in [-0.2, 0) is 6.54 Å². The van der Waals surface area contributed by atoms with Gasteiger partial charge < -0.3 is 15.4 Å². The van der Waals surface area contributed by atoms with Crippen LogP contribution in [0.2, 0.25) is 0 Å².